The topological polar surface area (TPSA) is 29.3 Å². The van der Waals surface area contributed by atoms with Crippen molar-refractivity contribution in [2.24, 2.45) is 11.7 Å². The van der Waals surface area contributed by atoms with Crippen molar-refractivity contribution in [3.8, 4) is 0 Å². The molecule has 1 aliphatic rings. The summed E-state index contributed by atoms with van der Waals surface area (Å²) < 4.78 is 26.0. The average molecular weight is 254 g/mol. The molecule has 1 atom stereocenters. The molecule has 4 heteroatoms. The van der Waals surface area contributed by atoms with E-state index >= 15 is 0 Å². The molecule has 100 valence electrons. The average Bonchev–Trinajstić information content (AvgIpc) is 2.35. The summed E-state index contributed by atoms with van der Waals surface area (Å²) in [5.74, 6) is -0.867. The normalized spacial score (nSPS) is 20.0. The van der Waals surface area contributed by atoms with Crippen molar-refractivity contribution in [2.75, 3.05) is 19.6 Å². The standard InChI is InChI=1S/C14H20F2N2/c1-10-4-6-18(7-5-10)9-14(17)11-2-3-12(15)13(16)8-11/h2-3,8,10,14H,4-7,9,17H2,1H3. The van der Waals surface area contributed by atoms with Gasteiger partial charge >= 0.3 is 0 Å². The van der Waals surface area contributed by atoms with Gasteiger partial charge in [-0.3, -0.25) is 0 Å². The maximum atomic E-state index is 13.1. The molecule has 0 radical (unpaired) electrons. The first-order chi connectivity index (χ1) is 8.56. The van der Waals surface area contributed by atoms with Crippen molar-refractivity contribution in [1.29, 1.82) is 0 Å². The van der Waals surface area contributed by atoms with Crippen LogP contribution in [-0.4, -0.2) is 24.5 Å². The summed E-state index contributed by atoms with van der Waals surface area (Å²) in [6.45, 7) is 5.04. The van der Waals surface area contributed by atoms with Gasteiger partial charge in [0.2, 0.25) is 0 Å². The molecule has 1 heterocycles. The Bertz CT molecular complexity index is 401. The van der Waals surface area contributed by atoms with Crippen molar-refractivity contribution in [1.82, 2.24) is 4.90 Å². The molecule has 18 heavy (non-hydrogen) atoms. The third-order valence-corrected chi connectivity index (χ3v) is 3.70. The zero-order valence-electron chi connectivity index (χ0n) is 10.7. The van der Waals surface area contributed by atoms with Crippen LogP contribution in [0.2, 0.25) is 0 Å². The highest BCUT2D eigenvalue weighted by molar-refractivity contribution is 5.21. The van der Waals surface area contributed by atoms with E-state index in [-0.39, 0.29) is 6.04 Å². The van der Waals surface area contributed by atoms with Crippen LogP contribution >= 0.6 is 0 Å². The fourth-order valence-electron chi connectivity index (χ4n) is 2.37. The molecular formula is C14H20F2N2. The molecule has 1 unspecified atom stereocenters. The highest BCUT2D eigenvalue weighted by Gasteiger charge is 2.19. The second kappa shape index (κ2) is 5.76. The Labute approximate surface area is 107 Å². The lowest BCUT2D eigenvalue weighted by atomic mass is 9.98. The van der Waals surface area contributed by atoms with E-state index in [0.717, 1.165) is 25.1 Å². The van der Waals surface area contributed by atoms with Crippen LogP contribution in [0.5, 0.6) is 0 Å². The van der Waals surface area contributed by atoms with E-state index < -0.39 is 11.6 Å². The molecule has 2 nitrogen and oxygen atoms in total. The number of hydrogen-bond acceptors (Lipinski definition) is 2. The molecule has 1 saturated heterocycles. The fourth-order valence-corrected chi connectivity index (χ4v) is 2.37. The lowest BCUT2D eigenvalue weighted by Gasteiger charge is -2.32. The molecule has 1 aliphatic heterocycles. The molecular weight excluding hydrogens is 234 g/mol. The van der Waals surface area contributed by atoms with E-state index in [4.69, 9.17) is 5.73 Å². The molecule has 0 saturated carbocycles. The largest absolute Gasteiger partial charge is 0.323 e. The second-order valence-electron chi connectivity index (χ2n) is 5.26. The first-order valence-electron chi connectivity index (χ1n) is 6.49. The van der Waals surface area contributed by atoms with Crippen LogP contribution in [0.25, 0.3) is 0 Å². The van der Waals surface area contributed by atoms with E-state index in [1.165, 1.54) is 18.9 Å². The number of likely N-dealkylation sites (tertiary alicyclic amines) is 1. The number of hydrogen-bond donors (Lipinski definition) is 1. The van der Waals surface area contributed by atoms with E-state index in [9.17, 15) is 8.78 Å². The van der Waals surface area contributed by atoms with Gasteiger partial charge in [-0.15, -0.1) is 0 Å². The molecule has 2 N–H and O–H groups in total. The third-order valence-electron chi connectivity index (χ3n) is 3.70. The Kier molecular flexibility index (Phi) is 4.30. The summed E-state index contributed by atoms with van der Waals surface area (Å²) in [7, 11) is 0. The number of nitrogens with zero attached hydrogens (tertiary/aromatic N) is 1. The number of halogens is 2. The smallest absolute Gasteiger partial charge is 0.159 e. The fraction of sp³-hybridized carbons (Fsp3) is 0.571. The first-order valence-corrected chi connectivity index (χ1v) is 6.49. The van der Waals surface area contributed by atoms with Crippen LogP contribution in [0, 0.1) is 17.6 Å². The van der Waals surface area contributed by atoms with Gasteiger partial charge in [-0.05, 0) is 49.5 Å². The lowest BCUT2D eigenvalue weighted by molar-refractivity contribution is 0.183. The van der Waals surface area contributed by atoms with Gasteiger partial charge in [0.1, 0.15) is 0 Å². The summed E-state index contributed by atoms with van der Waals surface area (Å²) in [5, 5.41) is 0. The zero-order valence-corrected chi connectivity index (χ0v) is 10.7. The monoisotopic (exact) mass is 254 g/mol. The van der Waals surface area contributed by atoms with Crippen molar-refractivity contribution in [3.63, 3.8) is 0 Å². The minimum absolute atomic E-state index is 0.256. The van der Waals surface area contributed by atoms with Crippen LogP contribution < -0.4 is 5.73 Å². The van der Waals surface area contributed by atoms with Crippen LogP contribution in [0.4, 0.5) is 8.78 Å². The van der Waals surface area contributed by atoms with E-state index in [1.807, 2.05) is 0 Å². The van der Waals surface area contributed by atoms with E-state index in [1.54, 1.807) is 6.07 Å². The Morgan fingerprint density at radius 2 is 1.94 bits per heavy atom. The Hall–Kier alpha value is -1.00. The van der Waals surface area contributed by atoms with Crippen LogP contribution in [0.1, 0.15) is 31.4 Å². The molecule has 0 spiro atoms. The van der Waals surface area contributed by atoms with Crippen LogP contribution in [-0.2, 0) is 0 Å². The van der Waals surface area contributed by atoms with Gasteiger partial charge in [0.05, 0.1) is 0 Å². The molecule has 2 rings (SSSR count). The molecule has 0 aliphatic carbocycles. The third kappa shape index (κ3) is 3.27. The molecule has 1 aromatic carbocycles. The second-order valence-corrected chi connectivity index (χ2v) is 5.26. The predicted octanol–water partition coefficient (Wildman–Crippen LogP) is 2.70. The molecule has 0 aromatic heterocycles. The van der Waals surface area contributed by atoms with Crippen molar-refractivity contribution < 1.29 is 8.78 Å². The quantitative estimate of drug-likeness (QED) is 0.898. The first kappa shape index (κ1) is 13.4. The Balaban J connectivity index is 1.94. The van der Waals surface area contributed by atoms with Crippen LogP contribution in [0.15, 0.2) is 18.2 Å². The number of benzene rings is 1. The van der Waals surface area contributed by atoms with Gasteiger partial charge in [-0.2, -0.15) is 0 Å². The Morgan fingerprint density at radius 3 is 2.56 bits per heavy atom. The predicted molar refractivity (Wildman–Crippen MR) is 68.1 cm³/mol. The van der Waals surface area contributed by atoms with Crippen molar-refractivity contribution >= 4 is 0 Å². The van der Waals surface area contributed by atoms with Gasteiger partial charge in [0.15, 0.2) is 11.6 Å². The highest BCUT2D eigenvalue weighted by Crippen LogP contribution is 2.20. The number of rotatable bonds is 3. The SMILES string of the molecule is CC1CCN(CC(N)c2ccc(F)c(F)c2)CC1. The van der Waals surface area contributed by atoms with Crippen LogP contribution in [0.3, 0.4) is 0 Å². The van der Waals surface area contributed by atoms with Gasteiger partial charge in [0.25, 0.3) is 0 Å². The minimum Gasteiger partial charge on any atom is -0.323 e. The summed E-state index contributed by atoms with van der Waals surface area (Å²) in [4.78, 5) is 2.30. The summed E-state index contributed by atoms with van der Waals surface area (Å²) in [5.41, 5.74) is 6.71. The van der Waals surface area contributed by atoms with Gasteiger partial charge in [0, 0.05) is 12.6 Å². The summed E-state index contributed by atoms with van der Waals surface area (Å²) in [6, 6.07) is 3.65. The van der Waals surface area contributed by atoms with Gasteiger partial charge < -0.3 is 10.6 Å². The molecule has 1 aromatic rings. The van der Waals surface area contributed by atoms with E-state index in [2.05, 4.69) is 11.8 Å². The summed E-state index contributed by atoms with van der Waals surface area (Å²) >= 11 is 0. The molecule has 0 bridgehead atoms. The minimum atomic E-state index is -0.824. The van der Waals surface area contributed by atoms with E-state index in [0.29, 0.717) is 12.1 Å². The number of nitrogens with two attached hydrogens (primary N) is 1. The number of piperidine rings is 1. The maximum absolute atomic E-state index is 13.1. The molecule has 1 fully saturated rings. The summed E-state index contributed by atoms with van der Waals surface area (Å²) in [6.07, 6.45) is 2.37. The van der Waals surface area contributed by atoms with Crippen molar-refractivity contribution in [3.05, 3.63) is 35.4 Å². The van der Waals surface area contributed by atoms with Gasteiger partial charge in [-0.1, -0.05) is 13.0 Å². The van der Waals surface area contributed by atoms with Crippen molar-refractivity contribution in [2.45, 2.75) is 25.8 Å². The maximum Gasteiger partial charge on any atom is 0.159 e. The zero-order chi connectivity index (χ0) is 13.1. The lowest BCUT2D eigenvalue weighted by Crippen LogP contribution is -2.38. The molecule has 0 amide bonds. The van der Waals surface area contributed by atoms with Gasteiger partial charge in [-0.25, -0.2) is 8.78 Å². The Morgan fingerprint density at radius 1 is 1.28 bits per heavy atom. The highest BCUT2D eigenvalue weighted by atomic mass is 19.2.